The van der Waals surface area contributed by atoms with Gasteiger partial charge in [-0.2, -0.15) is 0 Å². The van der Waals surface area contributed by atoms with Gasteiger partial charge in [-0.25, -0.2) is 9.18 Å². The largest absolute Gasteiger partial charge is 0.508 e. The first-order valence-electron chi connectivity index (χ1n) is 12.9. The van der Waals surface area contributed by atoms with Crippen molar-refractivity contribution < 1.29 is 33.4 Å². The zero-order chi connectivity index (χ0) is 29.5. The number of phenolic OH excluding ortho intramolecular Hbond substituents is 1. The minimum atomic E-state index is -0.972. The molecule has 210 valence electrons. The van der Waals surface area contributed by atoms with Crippen LogP contribution in [0.15, 0.2) is 84.9 Å². The Hall–Kier alpha value is -5.18. The lowest BCUT2D eigenvalue weighted by molar-refractivity contribution is -0.152. The third-order valence-electron chi connectivity index (χ3n) is 6.18. The highest BCUT2D eigenvalue weighted by Gasteiger charge is 2.21. The van der Waals surface area contributed by atoms with Crippen LogP contribution in [-0.2, 0) is 20.9 Å². The van der Waals surface area contributed by atoms with Gasteiger partial charge in [0.05, 0.1) is 13.2 Å². The number of benzene rings is 4. The number of carbonyl (C=O) groups excluding carboxylic acids is 3. The van der Waals surface area contributed by atoms with E-state index in [1.807, 2.05) is 0 Å². The van der Waals surface area contributed by atoms with Gasteiger partial charge in [0.1, 0.15) is 23.1 Å². The molecular weight excluding hydrogens is 527 g/mol. The molecule has 2 N–H and O–H groups in total. The maximum absolute atomic E-state index is 13.6. The van der Waals surface area contributed by atoms with E-state index in [9.17, 15) is 23.9 Å². The number of nitrogens with one attached hydrogen (secondary N) is 1. The molecule has 0 aliphatic heterocycles. The van der Waals surface area contributed by atoms with E-state index in [4.69, 9.17) is 9.47 Å². The highest BCUT2D eigenvalue weighted by molar-refractivity contribution is 6.37. The summed E-state index contributed by atoms with van der Waals surface area (Å²) >= 11 is 0. The van der Waals surface area contributed by atoms with Crippen LogP contribution in [0.25, 0.3) is 0 Å². The van der Waals surface area contributed by atoms with Gasteiger partial charge < -0.3 is 24.8 Å². The van der Waals surface area contributed by atoms with E-state index < -0.39 is 17.7 Å². The van der Waals surface area contributed by atoms with Crippen LogP contribution < -0.4 is 15.0 Å². The monoisotopic (exact) mass is 556 g/mol. The maximum atomic E-state index is 13.6. The first kappa shape index (κ1) is 28.8. The minimum Gasteiger partial charge on any atom is -0.508 e. The molecule has 4 aromatic carbocycles. The number of nitrogens with zero attached hydrogens (tertiary/aromatic N) is 1. The molecule has 0 heterocycles. The van der Waals surface area contributed by atoms with Crippen LogP contribution in [0.4, 0.5) is 15.8 Å². The molecule has 4 aromatic rings. The molecule has 41 heavy (non-hydrogen) atoms. The van der Waals surface area contributed by atoms with E-state index in [-0.39, 0.29) is 24.8 Å². The molecule has 0 aromatic heterocycles. The van der Waals surface area contributed by atoms with Crippen LogP contribution in [-0.4, -0.2) is 29.5 Å². The Morgan fingerprint density at radius 1 is 0.902 bits per heavy atom. The predicted molar refractivity (Wildman–Crippen MR) is 153 cm³/mol. The molecule has 2 amide bonds. The number of carbonyl (C=O) groups is 3. The van der Waals surface area contributed by atoms with Crippen LogP contribution in [0.2, 0.25) is 0 Å². The van der Waals surface area contributed by atoms with Gasteiger partial charge in [0.25, 0.3) is 5.91 Å². The zero-order valence-corrected chi connectivity index (χ0v) is 22.8. The lowest BCUT2D eigenvalue weighted by atomic mass is 10.1. The van der Waals surface area contributed by atoms with E-state index in [0.29, 0.717) is 45.1 Å². The minimum absolute atomic E-state index is 0.0147. The van der Waals surface area contributed by atoms with Crippen molar-refractivity contribution in [2.45, 2.75) is 27.3 Å². The van der Waals surface area contributed by atoms with Crippen molar-refractivity contribution in [2.75, 3.05) is 16.8 Å². The number of hydrogen-bond donors (Lipinski definition) is 2. The SMILES string of the molecule is CCOC(=O)C(=O)Nc1cc(C)c(Oc2ccc(O)c(CN(C(=O)c3ccccc3)c3ccc(F)cc3)c2)c(C)c1. The number of aryl methyl sites for hydroxylation is 2. The molecule has 4 rings (SSSR count). The number of esters is 1. The normalized spacial score (nSPS) is 10.5. The van der Waals surface area contributed by atoms with Crippen molar-refractivity contribution in [3.05, 3.63) is 113 Å². The molecule has 9 heteroatoms. The number of hydrogen-bond acceptors (Lipinski definition) is 6. The number of ether oxygens (including phenoxy) is 2. The Balaban J connectivity index is 1.60. The van der Waals surface area contributed by atoms with E-state index in [1.165, 1.54) is 35.2 Å². The average Bonchev–Trinajstić information content (AvgIpc) is 2.96. The van der Waals surface area contributed by atoms with E-state index in [2.05, 4.69) is 5.32 Å². The summed E-state index contributed by atoms with van der Waals surface area (Å²) in [5, 5.41) is 13.2. The van der Waals surface area contributed by atoms with Crippen LogP contribution >= 0.6 is 0 Å². The molecule has 0 aliphatic carbocycles. The second-order valence-electron chi connectivity index (χ2n) is 9.24. The maximum Gasteiger partial charge on any atom is 0.397 e. The molecule has 0 aliphatic rings. The first-order valence-corrected chi connectivity index (χ1v) is 12.9. The van der Waals surface area contributed by atoms with Crippen LogP contribution in [0.3, 0.4) is 0 Å². The molecule has 0 bridgehead atoms. The molecule has 0 saturated heterocycles. The lowest BCUT2D eigenvalue weighted by Gasteiger charge is -2.24. The van der Waals surface area contributed by atoms with Gasteiger partial charge in [-0.15, -0.1) is 0 Å². The first-order chi connectivity index (χ1) is 19.7. The fourth-order valence-corrected chi connectivity index (χ4v) is 4.24. The average molecular weight is 557 g/mol. The number of anilines is 2. The van der Waals surface area contributed by atoms with Gasteiger partial charge in [-0.1, -0.05) is 18.2 Å². The van der Waals surface area contributed by atoms with Crippen LogP contribution in [0.5, 0.6) is 17.2 Å². The quantitative estimate of drug-likeness (QED) is 0.195. The highest BCUT2D eigenvalue weighted by Crippen LogP contribution is 2.34. The molecule has 0 radical (unpaired) electrons. The molecule has 8 nitrogen and oxygen atoms in total. The van der Waals surface area contributed by atoms with Gasteiger partial charge in [-0.3, -0.25) is 9.59 Å². The molecule has 0 fully saturated rings. The molecule has 0 unspecified atom stereocenters. The molecule has 0 saturated carbocycles. The Kier molecular flexibility index (Phi) is 8.98. The summed E-state index contributed by atoms with van der Waals surface area (Å²) in [4.78, 5) is 38.6. The fourth-order valence-electron chi connectivity index (χ4n) is 4.24. The van der Waals surface area contributed by atoms with Gasteiger partial charge in [-0.05, 0) is 98.6 Å². The standard InChI is InChI=1S/C32H29FN2O6/c1-4-40-32(39)30(37)34-25-16-20(2)29(21(3)17-25)41-27-14-15-28(36)23(18-27)19-35(26-12-10-24(33)11-13-26)31(38)22-8-6-5-7-9-22/h5-18,36H,4,19H2,1-3H3,(H,34,37). The Bertz CT molecular complexity index is 1550. The van der Waals surface area contributed by atoms with Crippen molar-refractivity contribution in [2.24, 2.45) is 0 Å². The number of amides is 2. The number of halogens is 1. The second-order valence-corrected chi connectivity index (χ2v) is 9.24. The Morgan fingerprint density at radius 2 is 1.56 bits per heavy atom. The van der Waals surface area contributed by atoms with E-state index in [1.54, 1.807) is 75.4 Å². The molecule has 0 spiro atoms. The summed E-state index contributed by atoms with van der Waals surface area (Å²) in [7, 11) is 0. The van der Waals surface area contributed by atoms with Gasteiger partial charge >= 0.3 is 11.9 Å². The van der Waals surface area contributed by atoms with Crippen molar-refractivity contribution in [3.63, 3.8) is 0 Å². The second kappa shape index (κ2) is 12.8. The number of rotatable bonds is 8. The summed E-state index contributed by atoms with van der Waals surface area (Å²) in [5.74, 6) is -1.73. The summed E-state index contributed by atoms with van der Waals surface area (Å²) in [6.45, 7) is 5.27. The van der Waals surface area contributed by atoms with Crippen molar-refractivity contribution in [3.8, 4) is 17.2 Å². The van der Waals surface area contributed by atoms with Gasteiger partial charge in [0, 0.05) is 22.5 Å². The summed E-state index contributed by atoms with van der Waals surface area (Å²) in [6.07, 6.45) is 0. The van der Waals surface area contributed by atoms with Gasteiger partial charge in [0.15, 0.2) is 0 Å². The lowest BCUT2D eigenvalue weighted by Crippen LogP contribution is -2.30. The van der Waals surface area contributed by atoms with Crippen molar-refractivity contribution >= 4 is 29.2 Å². The van der Waals surface area contributed by atoms with Gasteiger partial charge in [0.2, 0.25) is 0 Å². The van der Waals surface area contributed by atoms with E-state index in [0.717, 1.165) is 0 Å². The van der Waals surface area contributed by atoms with E-state index >= 15 is 0 Å². The number of aromatic hydroxyl groups is 1. The summed E-state index contributed by atoms with van der Waals surface area (Å²) < 4.78 is 24.5. The third kappa shape index (κ3) is 7.07. The Labute approximate surface area is 237 Å². The Morgan fingerprint density at radius 3 is 2.20 bits per heavy atom. The molecule has 0 atom stereocenters. The van der Waals surface area contributed by atoms with Crippen LogP contribution in [0, 0.1) is 19.7 Å². The molecular formula is C32H29FN2O6. The van der Waals surface area contributed by atoms with Crippen molar-refractivity contribution in [1.29, 1.82) is 0 Å². The smallest absolute Gasteiger partial charge is 0.397 e. The highest BCUT2D eigenvalue weighted by atomic mass is 19.1. The fraction of sp³-hybridized carbons (Fsp3) is 0.156. The number of phenols is 1. The summed E-state index contributed by atoms with van der Waals surface area (Å²) in [5.41, 5.74) is 3.08. The third-order valence-corrected chi connectivity index (χ3v) is 6.18. The van der Waals surface area contributed by atoms with Crippen molar-refractivity contribution in [1.82, 2.24) is 0 Å². The topological polar surface area (TPSA) is 105 Å². The zero-order valence-electron chi connectivity index (χ0n) is 22.8. The van der Waals surface area contributed by atoms with Crippen LogP contribution in [0.1, 0.15) is 34.0 Å². The summed E-state index contributed by atoms with van der Waals surface area (Å²) in [6, 6.07) is 22.2. The predicted octanol–water partition coefficient (Wildman–Crippen LogP) is 6.29.